The van der Waals surface area contributed by atoms with Crippen molar-refractivity contribution in [1.82, 2.24) is 5.32 Å². The van der Waals surface area contributed by atoms with E-state index in [9.17, 15) is 0 Å². The molecule has 0 aliphatic rings. The Labute approximate surface area is 56.6 Å². The standard InChI is InChI=1S/C7H15NO/c1-7(6-8-2)4-3-5-9/h8-9H,1,3-6H2,2H3. The average molecular weight is 129 g/mol. The van der Waals surface area contributed by atoms with E-state index in [2.05, 4.69) is 11.9 Å². The molecule has 0 amide bonds. The van der Waals surface area contributed by atoms with Gasteiger partial charge in [0.05, 0.1) is 0 Å². The van der Waals surface area contributed by atoms with Crippen LogP contribution in [0.5, 0.6) is 0 Å². The molecule has 0 aromatic rings. The van der Waals surface area contributed by atoms with Gasteiger partial charge in [0.1, 0.15) is 0 Å². The summed E-state index contributed by atoms with van der Waals surface area (Å²) in [5, 5.41) is 11.4. The van der Waals surface area contributed by atoms with E-state index in [4.69, 9.17) is 5.11 Å². The van der Waals surface area contributed by atoms with Crippen molar-refractivity contribution in [1.29, 1.82) is 0 Å². The summed E-state index contributed by atoms with van der Waals surface area (Å²) in [6.45, 7) is 4.94. The van der Waals surface area contributed by atoms with Crippen molar-refractivity contribution < 1.29 is 5.11 Å². The Morgan fingerprint density at radius 2 is 2.33 bits per heavy atom. The maximum atomic E-state index is 8.42. The molecule has 0 aliphatic carbocycles. The van der Waals surface area contributed by atoms with E-state index >= 15 is 0 Å². The molecule has 2 N–H and O–H groups in total. The largest absolute Gasteiger partial charge is 0.396 e. The van der Waals surface area contributed by atoms with Gasteiger partial charge in [-0.1, -0.05) is 12.2 Å². The molecule has 0 aromatic heterocycles. The normalized spacial score (nSPS) is 9.56. The minimum absolute atomic E-state index is 0.267. The van der Waals surface area contributed by atoms with Gasteiger partial charge in [-0.05, 0) is 19.9 Å². The van der Waals surface area contributed by atoms with Gasteiger partial charge in [0.25, 0.3) is 0 Å². The number of hydrogen-bond donors (Lipinski definition) is 2. The molecule has 0 unspecified atom stereocenters. The molecule has 0 atom stereocenters. The van der Waals surface area contributed by atoms with Crippen LogP contribution in [0.25, 0.3) is 0 Å². The minimum atomic E-state index is 0.267. The molecule has 9 heavy (non-hydrogen) atoms. The third-order valence-electron chi connectivity index (χ3n) is 1.12. The van der Waals surface area contributed by atoms with Crippen molar-refractivity contribution in [2.75, 3.05) is 20.2 Å². The summed E-state index contributed by atoms with van der Waals surface area (Å²) in [4.78, 5) is 0. The maximum Gasteiger partial charge on any atom is 0.0434 e. The van der Waals surface area contributed by atoms with Gasteiger partial charge in [0.2, 0.25) is 0 Å². The molecule has 0 spiro atoms. The van der Waals surface area contributed by atoms with Crippen LogP contribution in [-0.4, -0.2) is 25.3 Å². The van der Waals surface area contributed by atoms with Gasteiger partial charge < -0.3 is 10.4 Å². The Bertz CT molecular complexity index is 81.0. The van der Waals surface area contributed by atoms with Crippen LogP contribution in [0.4, 0.5) is 0 Å². The SMILES string of the molecule is C=C(CCCO)CNC. The van der Waals surface area contributed by atoms with E-state index in [0.717, 1.165) is 25.0 Å². The molecule has 0 radical (unpaired) electrons. The van der Waals surface area contributed by atoms with Crippen LogP contribution in [0.3, 0.4) is 0 Å². The van der Waals surface area contributed by atoms with Crippen molar-refractivity contribution in [2.24, 2.45) is 0 Å². The molecule has 2 heteroatoms. The minimum Gasteiger partial charge on any atom is -0.396 e. The van der Waals surface area contributed by atoms with Crippen LogP contribution in [0.2, 0.25) is 0 Å². The van der Waals surface area contributed by atoms with Gasteiger partial charge in [0.15, 0.2) is 0 Å². The summed E-state index contributed by atoms with van der Waals surface area (Å²) in [5.74, 6) is 0. The van der Waals surface area contributed by atoms with Gasteiger partial charge >= 0.3 is 0 Å². The van der Waals surface area contributed by atoms with Crippen LogP contribution in [0.1, 0.15) is 12.8 Å². The van der Waals surface area contributed by atoms with E-state index in [-0.39, 0.29) is 6.61 Å². The molecular weight excluding hydrogens is 114 g/mol. The van der Waals surface area contributed by atoms with Crippen molar-refractivity contribution in [2.45, 2.75) is 12.8 Å². The molecule has 0 saturated carbocycles. The second-order valence-corrected chi connectivity index (χ2v) is 2.11. The zero-order valence-corrected chi connectivity index (χ0v) is 5.98. The predicted octanol–water partition coefficient (Wildman–Crippen LogP) is 0.535. The molecule has 0 aliphatic heterocycles. The van der Waals surface area contributed by atoms with Crippen LogP contribution in [0, 0.1) is 0 Å². The van der Waals surface area contributed by atoms with Crippen molar-refractivity contribution >= 4 is 0 Å². The predicted molar refractivity (Wildman–Crippen MR) is 39.4 cm³/mol. The molecule has 0 saturated heterocycles. The fourth-order valence-corrected chi connectivity index (χ4v) is 0.667. The van der Waals surface area contributed by atoms with Gasteiger partial charge in [-0.15, -0.1) is 0 Å². The number of likely N-dealkylation sites (N-methyl/N-ethyl adjacent to an activating group) is 1. The van der Waals surface area contributed by atoms with Gasteiger partial charge in [-0.2, -0.15) is 0 Å². The highest BCUT2D eigenvalue weighted by molar-refractivity contribution is 4.95. The first-order chi connectivity index (χ1) is 4.31. The Kier molecular flexibility index (Phi) is 5.57. The topological polar surface area (TPSA) is 32.3 Å². The van der Waals surface area contributed by atoms with E-state index in [1.165, 1.54) is 0 Å². The lowest BCUT2D eigenvalue weighted by atomic mass is 10.2. The molecule has 0 bridgehead atoms. The van der Waals surface area contributed by atoms with Crippen LogP contribution in [-0.2, 0) is 0 Å². The third kappa shape index (κ3) is 5.53. The summed E-state index contributed by atoms with van der Waals surface area (Å²) in [5.41, 5.74) is 1.16. The third-order valence-corrected chi connectivity index (χ3v) is 1.12. The summed E-state index contributed by atoms with van der Waals surface area (Å²) in [6, 6.07) is 0. The average Bonchev–Trinajstić information content (AvgIpc) is 1.85. The van der Waals surface area contributed by atoms with Crippen molar-refractivity contribution in [3.05, 3.63) is 12.2 Å². The second-order valence-electron chi connectivity index (χ2n) is 2.11. The first kappa shape index (κ1) is 8.66. The van der Waals surface area contributed by atoms with Crippen molar-refractivity contribution in [3.63, 3.8) is 0 Å². The first-order valence-corrected chi connectivity index (χ1v) is 3.23. The summed E-state index contributed by atoms with van der Waals surface area (Å²) in [6.07, 6.45) is 1.76. The monoisotopic (exact) mass is 129 g/mol. The molecule has 54 valence electrons. The number of aliphatic hydroxyl groups is 1. The Balaban J connectivity index is 3.06. The van der Waals surface area contributed by atoms with E-state index in [0.29, 0.717) is 0 Å². The smallest absolute Gasteiger partial charge is 0.0434 e. The zero-order valence-electron chi connectivity index (χ0n) is 5.98. The molecule has 0 fully saturated rings. The number of nitrogens with one attached hydrogen (secondary N) is 1. The van der Waals surface area contributed by atoms with Crippen molar-refractivity contribution in [3.8, 4) is 0 Å². The zero-order chi connectivity index (χ0) is 7.11. The molecular formula is C7H15NO. The molecule has 2 nitrogen and oxygen atoms in total. The Hall–Kier alpha value is -0.340. The highest BCUT2D eigenvalue weighted by Crippen LogP contribution is 1.98. The van der Waals surface area contributed by atoms with Crippen LogP contribution in [0.15, 0.2) is 12.2 Å². The summed E-state index contributed by atoms with van der Waals surface area (Å²) < 4.78 is 0. The van der Waals surface area contributed by atoms with E-state index in [1.807, 2.05) is 7.05 Å². The number of rotatable bonds is 5. The first-order valence-electron chi connectivity index (χ1n) is 3.23. The second kappa shape index (κ2) is 5.79. The Morgan fingerprint density at radius 3 is 2.78 bits per heavy atom. The van der Waals surface area contributed by atoms with Gasteiger partial charge in [0, 0.05) is 13.2 Å². The maximum absolute atomic E-state index is 8.42. The van der Waals surface area contributed by atoms with E-state index in [1.54, 1.807) is 0 Å². The lowest BCUT2D eigenvalue weighted by Gasteiger charge is -2.01. The fraction of sp³-hybridized carbons (Fsp3) is 0.714. The van der Waals surface area contributed by atoms with Gasteiger partial charge in [-0.3, -0.25) is 0 Å². The lowest BCUT2D eigenvalue weighted by molar-refractivity contribution is 0.288. The number of hydrogen-bond acceptors (Lipinski definition) is 2. The number of aliphatic hydroxyl groups excluding tert-OH is 1. The highest BCUT2D eigenvalue weighted by atomic mass is 16.2. The Morgan fingerprint density at radius 1 is 1.67 bits per heavy atom. The van der Waals surface area contributed by atoms with Gasteiger partial charge in [-0.25, -0.2) is 0 Å². The molecule has 0 aromatic carbocycles. The summed E-state index contributed by atoms with van der Waals surface area (Å²) >= 11 is 0. The molecule has 0 rings (SSSR count). The fourth-order valence-electron chi connectivity index (χ4n) is 0.667. The summed E-state index contributed by atoms with van der Waals surface area (Å²) in [7, 11) is 1.89. The quantitative estimate of drug-likeness (QED) is 0.531. The van der Waals surface area contributed by atoms with E-state index < -0.39 is 0 Å². The molecule has 0 heterocycles. The van der Waals surface area contributed by atoms with Crippen LogP contribution < -0.4 is 5.32 Å². The van der Waals surface area contributed by atoms with Crippen LogP contribution >= 0.6 is 0 Å². The lowest BCUT2D eigenvalue weighted by Crippen LogP contribution is -2.09. The highest BCUT2D eigenvalue weighted by Gasteiger charge is 1.89.